The van der Waals surface area contributed by atoms with Crippen molar-refractivity contribution in [3.8, 4) is 0 Å². The quantitative estimate of drug-likeness (QED) is 0.567. The molecular weight excluding hydrogens is 397 g/mol. The molecule has 3 atom stereocenters. The van der Waals surface area contributed by atoms with E-state index in [0.717, 1.165) is 29.7 Å². The minimum atomic E-state index is -0.263. The molecule has 0 bridgehead atoms. The number of halogens is 1. The molecule has 0 radical (unpaired) electrons. The predicted molar refractivity (Wildman–Crippen MR) is 114 cm³/mol. The van der Waals surface area contributed by atoms with Crippen LogP contribution >= 0.6 is 0 Å². The number of imidazole rings is 1. The second-order valence-corrected chi connectivity index (χ2v) is 8.78. The fraction of sp³-hybridized carbons (Fsp3) is 0.500. The number of nitrogens with one attached hydrogen (secondary N) is 2. The van der Waals surface area contributed by atoms with Gasteiger partial charge in [0.15, 0.2) is 0 Å². The Balaban J connectivity index is 1.43. The van der Waals surface area contributed by atoms with Crippen LogP contribution in [0.1, 0.15) is 33.0 Å². The number of carbonyl (C=O) groups excluding carboxylic acids is 1. The average molecular weight is 426 g/mol. The number of carbonyl (C=O) groups is 1. The Morgan fingerprint density at radius 1 is 1.39 bits per heavy atom. The maximum atomic E-state index is 13.5. The van der Waals surface area contributed by atoms with E-state index in [4.69, 9.17) is 0 Å². The molecule has 8 nitrogen and oxygen atoms in total. The monoisotopic (exact) mass is 425 g/mol. The summed E-state index contributed by atoms with van der Waals surface area (Å²) in [5.41, 5.74) is 2.83. The Morgan fingerprint density at radius 3 is 2.97 bits per heavy atom. The largest absolute Gasteiger partial charge is 0.354 e. The minimum absolute atomic E-state index is 0.0995. The van der Waals surface area contributed by atoms with Gasteiger partial charge in [0.1, 0.15) is 24.5 Å². The van der Waals surface area contributed by atoms with Gasteiger partial charge in [-0.15, -0.1) is 5.10 Å². The number of rotatable bonds is 7. The number of amides is 1. The molecule has 0 saturated heterocycles. The van der Waals surface area contributed by atoms with Gasteiger partial charge >= 0.3 is 0 Å². The second kappa shape index (κ2) is 8.95. The molecule has 1 amide bonds. The zero-order valence-electron chi connectivity index (χ0n) is 18.0. The number of H-pyrrole nitrogens is 1. The van der Waals surface area contributed by atoms with Crippen LogP contribution in [0.15, 0.2) is 36.2 Å². The predicted octanol–water partition coefficient (Wildman–Crippen LogP) is 2.90. The van der Waals surface area contributed by atoms with Crippen LogP contribution in [-0.4, -0.2) is 42.6 Å². The van der Waals surface area contributed by atoms with Crippen LogP contribution in [0.4, 0.5) is 4.39 Å². The summed E-state index contributed by atoms with van der Waals surface area (Å²) in [4.78, 5) is 20.1. The topological polar surface area (TPSA) is 101 Å². The highest BCUT2D eigenvalue weighted by molar-refractivity contribution is 5.75. The van der Waals surface area contributed by atoms with Gasteiger partial charge in [-0.05, 0) is 65.6 Å². The van der Waals surface area contributed by atoms with Crippen molar-refractivity contribution in [3.05, 3.63) is 47.8 Å². The van der Waals surface area contributed by atoms with Gasteiger partial charge < -0.3 is 10.3 Å². The first-order chi connectivity index (χ1) is 14.9. The summed E-state index contributed by atoms with van der Waals surface area (Å²) >= 11 is 0. The fourth-order valence-corrected chi connectivity index (χ4v) is 4.56. The third-order valence-electron chi connectivity index (χ3n) is 6.25. The fourth-order valence-electron chi connectivity index (χ4n) is 4.56. The number of aromatic nitrogens is 6. The molecule has 4 rings (SSSR count). The van der Waals surface area contributed by atoms with Gasteiger partial charge in [-0.2, -0.15) is 0 Å². The van der Waals surface area contributed by atoms with E-state index < -0.39 is 0 Å². The third kappa shape index (κ3) is 4.98. The van der Waals surface area contributed by atoms with Crippen molar-refractivity contribution < 1.29 is 9.18 Å². The van der Waals surface area contributed by atoms with E-state index in [1.165, 1.54) is 28.7 Å². The Bertz CT molecular complexity index is 1070. The molecule has 1 aliphatic carbocycles. The van der Waals surface area contributed by atoms with E-state index in [2.05, 4.69) is 57.7 Å². The van der Waals surface area contributed by atoms with Crippen molar-refractivity contribution >= 4 is 16.9 Å². The number of benzene rings is 1. The van der Waals surface area contributed by atoms with Crippen molar-refractivity contribution in [1.29, 1.82) is 0 Å². The van der Waals surface area contributed by atoms with Crippen LogP contribution in [-0.2, 0) is 17.8 Å². The maximum Gasteiger partial charge on any atom is 0.241 e. The number of tetrazole rings is 1. The zero-order valence-corrected chi connectivity index (χ0v) is 18.0. The summed E-state index contributed by atoms with van der Waals surface area (Å²) in [6.07, 6.45) is 5.55. The lowest BCUT2D eigenvalue weighted by Crippen LogP contribution is -2.38. The molecule has 9 heteroatoms. The van der Waals surface area contributed by atoms with Crippen LogP contribution in [0.2, 0.25) is 0 Å². The highest BCUT2D eigenvalue weighted by Crippen LogP contribution is 2.38. The molecule has 0 fully saturated rings. The number of hydrogen-bond donors (Lipinski definition) is 2. The number of allylic oxidation sites excluding steroid dienone is 1. The average Bonchev–Trinajstić information content (AvgIpc) is 3.36. The van der Waals surface area contributed by atoms with E-state index in [0.29, 0.717) is 24.3 Å². The Kier molecular flexibility index (Phi) is 6.11. The van der Waals surface area contributed by atoms with Crippen molar-refractivity contribution in [3.63, 3.8) is 0 Å². The van der Waals surface area contributed by atoms with Gasteiger partial charge in [0, 0.05) is 13.0 Å². The molecule has 2 heterocycles. The van der Waals surface area contributed by atoms with Crippen LogP contribution in [0.3, 0.4) is 0 Å². The molecular formula is C22H28FN7O. The van der Waals surface area contributed by atoms with Crippen LogP contribution in [0.25, 0.3) is 11.0 Å². The molecule has 164 valence electrons. The molecule has 3 aromatic rings. The third-order valence-corrected chi connectivity index (χ3v) is 6.25. The van der Waals surface area contributed by atoms with E-state index in [-0.39, 0.29) is 24.2 Å². The van der Waals surface area contributed by atoms with Gasteiger partial charge in [0.05, 0.1) is 11.0 Å². The summed E-state index contributed by atoms with van der Waals surface area (Å²) in [6.45, 7) is 7.33. The highest BCUT2D eigenvalue weighted by Gasteiger charge is 2.32. The van der Waals surface area contributed by atoms with Gasteiger partial charge in [0.2, 0.25) is 5.91 Å². The molecule has 1 aromatic carbocycles. The van der Waals surface area contributed by atoms with Gasteiger partial charge in [-0.1, -0.05) is 25.5 Å². The second-order valence-electron chi connectivity index (χ2n) is 8.78. The van der Waals surface area contributed by atoms with E-state index in [1.807, 2.05) is 0 Å². The van der Waals surface area contributed by atoms with Crippen molar-refractivity contribution in [2.24, 2.45) is 23.7 Å². The Labute approximate surface area is 180 Å². The summed E-state index contributed by atoms with van der Waals surface area (Å²) in [7, 11) is 0. The molecule has 31 heavy (non-hydrogen) atoms. The van der Waals surface area contributed by atoms with Gasteiger partial charge in [-0.3, -0.25) is 4.79 Å². The number of fused-ring (bicyclic) bond motifs is 1. The Morgan fingerprint density at radius 2 is 2.23 bits per heavy atom. The normalized spacial score (nSPS) is 21.5. The summed E-state index contributed by atoms with van der Waals surface area (Å²) < 4.78 is 14.9. The summed E-state index contributed by atoms with van der Waals surface area (Å²) in [5, 5.41) is 13.9. The lowest BCUT2D eigenvalue weighted by molar-refractivity contribution is -0.122. The van der Waals surface area contributed by atoms with Crippen molar-refractivity contribution in [2.45, 2.75) is 40.2 Å². The van der Waals surface area contributed by atoms with E-state index in [1.54, 1.807) is 6.07 Å². The molecule has 0 unspecified atom stereocenters. The van der Waals surface area contributed by atoms with Gasteiger partial charge in [0.25, 0.3) is 0 Å². The maximum absolute atomic E-state index is 13.5. The number of aromatic amines is 1. The molecule has 0 spiro atoms. The molecule has 2 N–H and O–H groups in total. The first kappa shape index (κ1) is 21.1. The van der Waals surface area contributed by atoms with Crippen LogP contribution < -0.4 is 5.32 Å². The van der Waals surface area contributed by atoms with Gasteiger partial charge in [-0.25, -0.2) is 14.1 Å². The highest BCUT2D eigenvalue weighted by atomic mass is 19.1. The Hall–Kier alpha value is -3.10. The van der Waals surface area contributed by atoms with Crippen molar-refractivity contribution in [2.75, 3.05) is 6.54 Å². The summed E-state index contributed by atoms with van der Waals surface area (Å²) in [5.74, 6) is 2.10. The summed E-state index contributed by atoms with van der Waals surface area (Å²) in [6, 6.07) is 4.63. The van der Waals surface area contributed by atoms with E-state index >= 15 is 0 Å². The first-order valence-corrected chi connectivity index (χ1v) is 10.7. The number of nitrogens with zero attached hydrogens (tertiary/aromatic N) is 5. The number of hydrogen-bond acceptors (Lipinski definition) is 5. The molecule has 0 aliphatic heterocycles. The smallest absolute Gasteiger partial charge is 0.241 e. The standard InChI is InChI=1S/C22H28FN7O/c1-13(2)18-7-15(8-21-26-19-5-4-17(23)9-20(19)27-21)14(3)6-16(18)10-24-22(31)11-30-12-25-28-29-30/h4-6,9,12-13,15-16,18H,7-8,10-11H2,1-3H3,(H,24,31)(H,26,27)/t15-,16-,18-/m0/s1. The lowest BCUT2D eigenvalue weighted by Gasteiger charge is -2.37. The minimum Gasteiger partial charge on any atom is -0.354 e. The van der Waals surface area contributed by atoms with Crippen LogP contribution in [0.5, 0.6) is 0 Å². The van der Waals surface area contributed by atoms with E-state index in [9.17, 15) is 9.18 Å². The SMILES string of the molecule is CC1=C[C@@H](CNC(=O)Cn2cnnn2)[C@H](C(C)C)C[C@H]1Cc1nc2ccc(F)cc2[nH]1. The molecule has 0 saturated carbocycles. The first-order valence-electron chi connectivity index (χ1n) is 10.7. The van der Waals surface area contributed by atoms with Crippen molar-refractivity contribution in [1.82, 2.24) is 35.5 Å². The molecule has 1 aliphatic rings. The zero-order chi connectivity index (χ0) is 22.0. The van der Waals surface area contributed by atoms with Crippen LogP contribution in [0, 0.1) is 29.5 Å². The lowest BCUT2D eigenvalue weighted by atomic mass is 9.70. The molecule has 2 aromatic heterocycles.